The van der Waals surface area contributed by atoms with Gasteiger partial charge in [-0.1, -0.05) is 0 Å². The molecule has 0 saturated carbocycles. The highest BCUT2D eigenvalue weighted by Gasteiger charge is 2.10. The van der Waals surface area contributed by atoms with E-state index in [0.717, 1.165) is 14.3 Å². The molecule has 0 aliphatic rings. The van der Waals surface area contributed by atoms with Gasteiger partial charge < -0.3 is 10.4 Å². The van der Waals surface area contributed by atoms with E-state index in [4.69, 9.17) is 5.11 Å². The fraction of sp³-hybridized carbons (Fsp3) is 0.167. The summed E-state index contributed by atoms with van der Waals surface area (Å²) in [6.45, 7) is 0.570. The van der Waals surface area contributed by atoms with Crippen molar-refractivity contribution in [2.24, 2.45) is 0 Å². The quantitative estimate of drug-likeness (QED) is 0.424. The molecule has 0 atom stereocenters. The van der Waals surface area contributed by atoms with Crippen LogP contribution in [0.15, 0.2) is 23.6 Å². The Balaban J connectivity index is 1.93. The number of carboxylic acids is 1. The first-order chi connectivity index (χ1) is 9.97. The predicted molar refractivity (Wildman–Crippen MR) is 87.1 cm³/mol. The zero-order valence-corrected chi connectivity index (χ0v) is 13.6. The molecule has 1 heterocycles. The Labute approximate surface area is 137 Å². The predicted octanol–water partition coefficient (Wildman–Crippen LogP) is 3.01. The third-order valence-electron chi connectivity index (χ3n) is 2.59. The minimum absolute atomic E-state index is 0.0518. The first kappa shape index (κ1) is 15.6. The third-order valence-corrected chi connectivity index (χ3v) is 4.39. The van der Waals surface area contributed by atoms with Crippen LogP contribution in [0.5, 0.6) is 0 Å². The topological polar surface area (TPSA) is 105 Å². The van der Waals surface area contributed by atoms with Gasteiger partial charge >= 0.3 is 5.97 Å². The standard InChI is InChI=1S/C12H10IN3O4S/c13-8-5-7(16(19)20)1-2-9(8)14-4-3-11-15-10(6-21-11)12(17)18/h1-2,5-6,14H,3-4H2,(H,17,18). The molecular formula is C12H10IN3O4S. The number of aromatic carboxylic acids is 1. The molecule has 0 unspecified atom stereocenters. The smallest absolute Gasteiger partial charge is 0.355 e. The van der Waals surface area contributed by atoms with E-state index in [1.54, 1.807) is 6.07 Å². The number of carbonyl (C=O) groups is 1. The summed E-state index contributed by atoms with van der Waals surface area (Å²) in [6.07, 6.45) is 0.588. The molecule has 0 aliphatic carbocycles. The second-order valence-electron chi connectivity index (χ2n) is 4.03. The summed E-state index contributed by atoms with van der Waals surface area (Å²) < 4.78 is 0.757. The fourth-order valence-electron chi connectivity index (χ4n) is 1.59. The molecule has 110 valence electrons. The highest BCUT2D eigenvalue weighted by molar-refractivity contribution is 14.1. The fourth-order valence-corrected chi connectivity index (χ4v) is 3.05. The average Bonchev–Trinajstić information content (AvgIpc) is 2.89. The number of non-ortho nitro benzene ring substituents is 1. The number of hydrogen-bond donors (Lipinski definition) is 2. The lowest BCUT2D eigenvalue weighted by Gasteiger charge is -2.07. The lowest BCUT2D eigenvalue weighted by Crippen LogP contribution is -2.06. The Kier molecular flexibility index (Phi) is 5.07. The molecule has 2 N–H and O–H groups in total. The van der Waals surface area contributed by atoms with Crippen LogP contribution >= 0.6 is 33.9 Å². The molecule has 0 saturated heterocycles. The highest BCUT2D eigenvalue weighted by Crippen LogP contribution is 2.23. The maximum Gasteiger partial charge on any atom is 0.355 e. The second kappa shape index (κ2) is 6.80. The number of nitro groups is 1. The van der Waals surface area contributed by atoms with Crippen LogP contribution in [-0.2, 0) is 6.42 Å². The van der Waals surface area contributed by atoms with E-state index in [1.807, 2.05) is 22.6 Å². The van der Waals surface area contributed by atoms with E-state index in [9.17, 15) is 14.9 Å². The molecule has 7 nitrogen and oxygen atoms in total. The van der Waals surface area contributed by atoms with Crippen molar-refractivity contribution >= 4 is 51.3 Å². The lowest BCUT2D eigenvalue weighted by atomic mass is 10.3. The van der Waals surface area contributed by atoms with Gasteiger partial charge in [0.1, 0.15) is 0 Å². The summed E-state index contributed by atoms with van der Waals surface area (Å²) in [6, 6.07) is 4.59. The van der Waals surface area contributed by atoms with Crippen molar-refractivity contribution in [3.8, 4) is 0 Å². The molecule has 2 aromatic rings. The zero-order chi connectivity index (χ0) is 15.4. The largest absolute Gasteiger partial charge is 0.476 e. The van der Waals surface area contributed by atoms with Crippen molar-refractivity contribution in [1.82, 2.24) is 4.98 Å². The van der Waals surface area contributed by atoms with Gasteiger partial charge in [0.15, 0.2) is 5.69 Å². The van der Waals surface area contributed by atoms with Crippen molar-refractivity contribution in [2.45, 2.75) is 6.42 Å². The molecule has 1 aromatic heterocycles. The number of rotatable bonds is 6. The molecular weight excluding hydrogens is 409 g/mol. The third kappa shape index (κ3) is 4.11. The molecule has 2 rings (SSSR count). The molecule has 1 aromatic carbocycles. The van der Waals surface area contributed by atoms with Crippen LogP contribution in [0, 0.1) is 13.7 Å². The van der Waals surface area contributed by atoms with Crippen LogP contribution in [-0.4, -0.2) is 27.5 Å². The Morgan fingerprint density at radius 2 is 2.29 bits per heavy atom. The SMILES string of the molecule is O=C(O)c1csc(CCNc2ccc([N+](=O)[O-])cc2I)n1. The van der Waals surface area contributed by atoms with Gasteiger partial charge in [-0.15, -0.1) is 11.3 Å². The Morgan fingerprint density at radius 1 is 1.52 bits per heavy atom. The van der Waals surface area contributed by atoms with Gasteiger partial charge in [-0.2, -0.15) is 0 Å². The Hall–Kier alpha value is -1.75. The summed E-state index contributed by atoms with van der Waals surface area (Å²) in [5.41, 5.74) is 0.909. The van der Waals surface area contributed by atoms with Crippen LogP contribution in [0.4, 0.5) is 11.4 Å². The Bertz CT molecular complexity index is 689. The van der Waals surface area contributed by atoms with Crippen LogP contribution in [0.1, 0.15) is 15.5 Å². The van der Waals surface area contributed by atoms with Gasteiger partial charge in [0.05, 0.1) is 9.93 Å². The molecule has 0 fully saturated rings. The minimum atomic E-state index is -1.03. The van der Waals surface area contributed by atoms with Crippen LogP contribution in [0.25, 0.3) is 0 Å². The van der Waals surface area contributed by atoms with E-state index in [0.29, 0.717) is 13.0 Å². The minimum Gasteiger partial charge on any atom is -0.476 e. The molecule has 0 amide bonds. The van der Waals surface area contributed by atoms with Crippen molar-refractivity contribution in [2.75, 3.05) is 11.9 Å². The molecule has 0 spiro atoms. The summed E-state index contributed by atoms with van der Waals surface area (Å²) in [4.78, 5) is 24.9. The van der Waals surface area contributed by atoms with Crippen molar-refractivity contribution in [3.05, 3.63) is 48.0 Å². The van der Waals surface area contributed by atoms with Gasteiger partial charge in [0.2, 0.25) is 0 Å². The van der Waals surface area contributed by atoms with E-state index in [-0.39, 0.29) is 11.4 Å². The number of nitrogens with zero attached hydrogens (tertiary/aromatic N) is 2. The summed E-state index contributed by atoms with van der Waals surface area (Å²) in [5.74, 6) is -1.03. The Morgan fingerprint density at radius 3 is 2.86 bits per heavy atom. The number of nitro benzene ring substituents is 1. The molecule has 0 radical (unpaired) electrons. The second-order valence-corrected chi connectivity index (χ2v) is 6.13. The summed E-state index contributed by atoms with van der Waals surface area (Å²) in [5, 5.41) is 24.8. The molecule has 0 aliphatic heterocycles. The monoisotopic (exact) mass is 419 g/mol. The van der Waals surface area contributed by atoms with Gasteiger partial charge in [-0.3, -0.25) is 10.1 Å². The molecule has 9 heteroatoms. The van der Waals surface area contributed by atoms with Crippen molar-refractivity contribution in [3.63, 3.8) is 0 Å². The molecule has 21 heavy (non-hydrogen) atoms. The number of nitrogens with one attached hydrogen (secondary N) is 1. The average molecular weight is 419 g/mol. The van der Waals surface area contributed by atoms with E-state index in [1.165, 1.54) is 28.8 Å². The van der Waals surface area contributed by atoms with Crippen molar-refractivity contribution < 1.29 is 14.8 Å². The maximum atomic E-state index is 10.7. The highest BCUT2D eigenvalue weighted by atomic mass is 127. The van der Waals surface area contributed by atoms with Crippen LogP contribution in [0.2, 0.25) is 0 Å². The number of anilines is 1. The van der Waals surface area contributed by atoms with E-state index >= 15 is 0 Å². The number of aromatic nitrogens is 1. The molecule has 0 bridgehead atoms. The first-order valence-electron chi connectivity index (χ1n) is 5.83. The number of halogens is 1. The van der Waals surface area contributed by atoms with Gasteiger partial charge in [-0.05, 0) is 28.7 Å². The maximum absolute atomic E-state index is 10.7. The van der Waals surface area contributed by atoms with Gasteiger partial charge in [0, 0.05) is 39.7 Å². The van der Waals surface area contributed by atoms with Gasteiger partial charge in [0.25, 0.3) is 5.69 Å². The lowest BCUT2D eigenvalue weighted by molar-refractivity contribution is -0.384. The number of carboxylic acid groups (broad SMARTS) is 1. The number of benzene rings is 1. The van der Waals surface area contributed by atoms with E-state index < -0.39 is 10.9 Å². The summed E-state index contributed by atoms with van der Waals surface area (Å²) in [7, 11) is 0. The van der Waals surface area contributed by atoms with E-state index in [2.05, 4.69) is 10.3 Å². The van der Waals surface area contributed by atoms with Crippen LogP contribution in [0.3, 0.4) is 0 Å². The summed E-state index contributed by atoms with van der Waals surface area (Å²) >= 11 is 3.33. The number of thiazole rings is 1. The van der Waals surface area contributed by atoms with Crippen molar-refractivity contribution in [1.29, 1.82) is 0 Å². The first-order valence-corrected chi connectivity index (χ1v) is 7.78. The normalized spacial score (nSPS) is 10.3. The van der Waals surface area contributed by atoms with Gasteiger partial charge in [-0.25, -0.2) is 9.78 Å². The van der Waals surface area contributed by atoms with Crippen LogP contribution < -0.4 is 5.32 Å². The number of hydrogen-bond acceptors (Lipinski definition) is 6. The zero-order valence-electron chi connectivity index (χ0n) is 10.6.